The van der Waals surface area contributed by atoms with Crippen molar-refractivity contribution in [1.29, 1.82) is 0 Å². The smallest absolute Gasteiger partial charge is 0.0453 e. The molecule has 0 unspecified atom stereocenters. The molecule has 0 radical (unpaired) electrons. The van der Waals surface area contributed by atoms with Crippen molar-refractivity contribution < 1.29 is 0 Å². The zero-order valence-electron chi connectivity index (χ0n) is 6.50. The van der Waals surface area contributed by atoms with Crippen molar-refractivity contribution >= 4 is 45.3 Å². The highest BCUT2D eigenvalue weighted by Crippen LogP contribution is 2.32. The first-order valence-electron chi connectivity index (χ1n) is 3.56. The van der Waals surface area contributed by atoms with E-state index in [2.05, 4.69) is 53.1 Å². The van der Waals surface area contributed by atoms with Gasteiger partial charge in [-0.2, -0.15) is 0 Å². The van der Waals surface area contributed by atoms with Crippen LogP contribution in [0.2, 0.25) is 0 Å². The van der Waals surface area contributed by atoms with Crippen LogP contribution in [-0.4, -0.2) is 0 Å². The van der Waals surface area contributed by atoms with Gasteiger partial charge in [-0.1, -0.05) is 0 Å². The van der Waals surface area contributed by atoms with E-state index in [1.54, 1.807) is 0 Å². The fourth-order valence-corrected chi connectivity index (χ4v) is 3.65. The highest BCUT2D eigenvalue weighted by molar-refractivity contribution is 14.1. The Morgan fingerprint density at radius 3 is 2.58 bits per heavy atom. The zero-order valence-corrected chi connectivity index (χ0v) is 10.3. The molecule has 0 bridgehead atoms. The van der Waals surface area contributed by atoms with Crippen LogP contribution in [0, 0.1) is 10.5 Å². The van der Waals surface area contributed by atoms with Gasteiger partial charge in [0.1, 0.15) is 0 Å². The molecule has 0 N–H and O–H groups in total. The van der Waals surface area contributed by atoms with E-state index >= 15 is 0 Å². The van der Waals surface area contributed by atoms with Gasteiger partial charge in [-0.05, 0) is 47.7 Å². The Morgan fingerprint density at radius 2 is 2.08 bits per heavy atom. The lowest BCUT2D eigenvalue weighted by Gasteiger charge is -1.86. The van der Waals surface area contributed by atoms with Crippen LogP contribution >= 0.6 is 45.3 Å². The quantitative estimate of drug-likeness (QED) is 0.686. The Kier molecular flexibility index (Phi) is 2.52. The monoisotopic (exact) mass is 306 g/mol. The predicted octanol–water partition coefficient (Wildman–Crippen LogP) is 4.39. The number of hydrogen-bond donors (Lipinski definition) is 0. The minimum absolute atomic E-state index is 1.33. The molecule has 12 heavy (non-hydrogen) atoms. The molecule has 0 saturated carbocycles. The third kappa shape index (κ3) is 1.72. The molecule has 3 heteroatoms. The SMILES string of the molecule is Cc1ccc(-c2cc(I)cs2)s1. The molecule has 0 aliphatic carbocycles. The minimum atomic E-state index is 1.33. The Labute approximate surface area is 93.4 Å². The predicted molar refractivity (Wildman–Crippen MR) is 65.1 cm³/mol. The molecule has 62 valence electrons. The maximum Gasteiger partial charge on any atom is 0.0453 e. The van der Waals surface area contributed by atoms with Gasteiger partial charge in [-0.15, -0.1) is 22.7 Å². The van der Waals surface area contributed by atoms with Crippen LogP contribution in [0.4, 0.5) is 0 Å². The Hall–Kier alpha value is 0.130. The van der Waals surface area contributed by atoms with E-state index in [9.17, 15) is 0 Å². The van der Waals surface area contributed by atoms with Gasteiger partial charge >= 0.3 is 0 Å². The topological polar surface area (TPSA) is 0 Å². The highest BCUT2D eigenvalue weighted by atomic mass is 127. The average Bonchev–Trinajstić information content (AvgIpc) is 2.58. The second-order valence-corrected chi connectivity index (χ2v) is 5.98. The van der Waals surface area contributed by atoms with E-state index in [1.807, 2.05) is 22.7 Å². The van der Waals surface area contributed by atoms with Crippen LogP contribution in [0.25, 0.3) is 9.75 Å². The van der Waals surface area contributed by atoms with Gasteiger partial charge in [0, 0.05) is 23.6 Å². The van der Waals surface area contributed by atoms with Crippen LogP contribution in [0.15, 0.2) is 23.6 Å². The van der Waals surface area contributed by atoms with E-state index in [-0.39, 0.29) is 0 Å². The molecule has 2 heterocycles. The van der Waals surface area contributed by atoms with Crippen molar-refractivity contribution in [2.24, 2.45) is 0 Å². The van der Waals surface area contributed by atoms with Crippen molar-refractivity contribution in [2.45, 2.75) is 6.92 Å². The molecule has 0 fully saturated rings. The molecule has 0 atom stereocenters. The standard InChI is InChI=1S/C9H7IS2/c1-6-2-3-8(12-6)9-4-7(10)5-11-9/h2-5H,1H3. The van der Waals surface area contributed by atoms with Crippen LogP contribution in [0.1, 0.15) is 4.88 Å². The second kappa shape index (κ2) is 3.47. The fraction of sp³-hybridized carbons (Fsp3) is 0.111. The van der Waals surface area contributed by atoms with E-state index < -0.39 is 0 Å². The Balaban J connectivity index is 2.43. The molecule has 0 aromatic carbocycles. The molecule has 2 rings (SSSR count). The summed E-state index contributed by atoms with van der Waals surface area (Å²) in [6, 6.07) is 6.60. The molecule has 0 aliphatic heterocycles. The van der Waals surface area contributed by atoms with Gasteiger partial charge in [0.05, 0.1) is 0 Å². The third-order valence-electron chi connectivity index (χ3n) is 1.55. The van der Waals surface area contributed by atoms with Crippen LogP contribution in [0.3, 0.4) is 0 Å². The lowest BCUT2D eigenvalue weighted by molar-refractivity contribution is 1.64. The highest BCUT2D eigenvalue weighted by Gasteiger charge is 2.02. The lowest BCUT2D eigenvalue weighted by atomic mass is 10.4. The normalized spacial score (nSPS) is 10.5. The third-order valence-corrected chi connectivity index (χ3v) is 4.72. The Bertz CT molecular complexity index is 348. The molecular formula is C9H7IS2. The summed E-state index contributed by atoms with van der Waals surface area (Å²) in [5, 5.41) is 2.19. The van der Waals surface area contributed by atoms with Crippen molar-refractivity contribution in [3.8, 4) is 9.75 Å². The summed E-state index contributed by atoms with van der Waals surface area (Å²) in [5.41, 5.74) is 0. The Morgan fingerprint density at radius 1 is 1.25 bits per heavy atom. The summed E-state index contributed by atoms with van der Waals surface area (Å²) in [6.07, 6.45) is 0. The van der Waals surface area contributed by atoms with E-state index in [0.29, 0.717) is 0 Å². The van der Waals surface area contributed by atoms with Crippen LogP contribution < -0.4 is 0 Å². The largest absolute Gasteiger partial charge is 0.142 e. The van der Waals surface area contributed by atoms with Crippen LogP contribution in [-0.2, 0) is 0 Å². The molecular weight excluding hydrogens is 299 g/mol. The first-order chi connectivity index (χ1) is 5.75. The molecule has 0 amide bonds. The summed E-state index contributed by atoms with van der Waals surface area (Å²) in [6.45, 7) is 2.15. The van der Waals surface area contributed by atoms with Crippen molar-refractivity contribution in [1.82, 2.24) is 0 Å². The summed E-state index contributed by atoms with van der Waals surface area (Å²) < 4.78 is 1.33. The maximum absolute atomic E-state index is 2.35. The first kappa shape index (κ1) is 8.72. The average molecular weight is 306 g/mol. The van der Waals surface area contributed by atoms with E-state index in [1.165, 1.54) is 18.2 Å². The van der Waals surface area contributed by atoms with Gasteiger partial charge in [-0.25, -0.2) is 0 Å². The summed E-state index contributed by atoms with van der Waals surface area (Å²) in [7, 11) is 0. The molecule has 0 nitrogen and oxygen atoms in total. The van der Waals surface area contributed by atoms with E-state index in [4.69, 9.17) is 0 Å². The number of rotatable bonds is 1. The molecule has 0 spiro atoms. The second-order valence-electron chi connectivity index (χ2n) is 2.54. The zero-order chi connectivity index (χ0) is 8.55. The summed E-state index contributed by atoms with van der Waals surface area (Å²) in [4.78, 5) is 4.16. The summed E-state index contributed by atoms with van der Waals surface area (Å²) in [5.74, 6) is 0. The van der Waals surface area contributed by atoms with Crippen LogP contribution in [0.5, 0.6) is 0 Å². The molecule has 0 aliphatic rings. The number of thiophene rings is 2. The van der Waals surface area contributed by atoms with Gasteiger partial charge in [0.25, 0.3) is 0 Å². The van der Waals surface area contributed by atoms with Gasteiger partial charge in [0.2, 0.25) is 0 Å². The number of halogens is 1. The first-order valence-corrected chi connectivity index (χ1v) is 6.34. The van der Waals surface area contributed by atoms with Crippen molar-refractivity contribution in [3.05, 3.63) is 32.0 Å². The van der Waals surface area contributed by atoms with Crippen molar-refractivity contribution in [3.63, 3.8) is 0 Å². The summed E-state index contributed by atoms with van der Waals surface area (Å²) >= 11 is 6.03. The van der Waals surface area contributed by atoms with Gasteiger partial charge in [0.15, 0.2) is 0 Å². The minimum Gasteiger partial charge on any atom is -0.142 e. The number of hydrogen-bond acceptors (Lipinski definition) is 2. The van der Waals surface area contributed by atoms with Crippen molar-refractivity contribution in [2.75, 3.05) is 0 Å². The fourth-order valence-electron chi connectivity index (χ4n) is 1.01. The molecule has 2 aromatic rings. The van der Waals surface area contributed by atoms with Gasteiger partial charge in [-0.3, -0.25) is 0 Å². The number of aryl methyl sites for hydroxylation is 1. The van der Waals surface area contributed by atoms with Gasteiger partial charge < -0.3 is 0 Å². The maximum atomic E-state index is 2.35. The lowest BCUT2D eigenvalue weighted by Crippen LogP contribution is -1.58. The molecule has 0 saturated heterocycles. The molecule has 2 aromatic heterocycles. The van der Waals surface area contributed by atoms with E-state index in [0.717, 1.165) is 0 Å².